The zero-order valence-electron chi connectivity index (χ0n) is 15.6. The quantitative estimate of drug-likeness (QED) is 0.231. The molecule has 29 heavy (non-hydrogen) atoms. The summed E-state index contributed by atoms with van der Waals surface area (Å²) in [4.78, 5) is 16.5. The first-order valence-electron chi connectivity index (χ1n) is 8.70. The zero-order valence-corrected chi connectivity index (χ0v) is 17.2. The highest BCUT2D eigenvalue weighted by Crippen LogP contribution is 2.28. The third-order valence-electron chi connectivity index (χ3n) is 3.89. The van der Waals surface area contributed by atoms with E-state index in [-0.39, 0.29) is 5.75 Å². The summed E-state index contributed by atoms with van der Waals surface area (Å²) < 4.78 is 11.7. The van der Waals surface area contributed by atoms with Crippen LogP contribution in [0.25, 0.3) is 6.08 Å². The Kier molecular flexibility index (Phi) is 6.81. The first-order chi connectivity index (χ1) is 14.0. The minimum absolute atomic E-state index is 0.186. The van der Waals surface area contributed by atoms with Crippen molar-refractivity contribution in [2.75, 3.05) is 7.11 Å². The highest BCUT2D eigenvalue weighted by molar-refractivity contribution is 9.10. The summed E-state index contributed by atoms with van der Waals surface area (Å²) in [6, 6.07) is 19.3. The summed E-state index contributed by atoms with van der Waals surface area (Å²) in [6.45, 7) is 0. The van der Waals surface area contributed by atoms with Crippen molar-refractivity contribution >= 4 is 39.9 Å². The number of methoxy groups -OCH3 is 1. The molecule has 0 unspecified atom stereocenters. The molecule has 0 atom stereocenters. The molecular formula is C23H18BrNO4. The summed E-state index contributed by atoms with van der Waals surface area (Å²) in [7, 11) is 1.51. The standard InChI is InChI=1S/C23H18BrNO4/c1-28-22-14-17(15-25-19-8-10-20(26)11-9-19)4-12-21(22)29-23(27)13-5-16-2-6-18(24)7-3-16/h2-15,26H,1H3/b13-5?,25-15+. The Morgan fingerprint density at radius 1 is 0.966 bits per heavy atom. The number of benzene rings is 3. The van der Waals surface area contributed by atoms with Crippen molar-refractivity contribution < 1.29 is 19.4 Å². The molecule has 3 aromatic carbocycles. The molecule has 3 rings (SSSR count). The van der Waals surface area contributed by atoms with Crippen molar-refractivity contribution in [3.63, 3.8) is 0 Å². The Morgan fingerprint density at radius 2 is 1.66 bits per heavy atom. The molecule has 5 nitrogen and oxygen atoms in total. The summed E-state index contributed by atoms with van der Waals surface area (Å²) in [5.41, 5.74) is 2.37. The molecule has 6 heteroatoms. The monoisotopic (exact) mass is 451 g/mol. The van der Waals surface area contributed by atoms with Crippen molar-refractivity contribution in [1.82, 2.24) is 0 Å². The molecule has 0 heterocycles. The number of aromatic hydroxyl groups is 1. The number of carbonyl (C=O) groups is 1. The van der Waals surface area contributed by atoms with Crippen LogP contribution >= 0.6 is 15.9 Å². The maximum absolute atomic E-state index is 12.1. The van der Waals surface area contributed by atoms with E-state index in [2.05, 4.69) is 20.9 Å². The number of rotatable bonds is 6. The van der Waals surface area contributed by atoms with Gasteiger partial charge < -0.3 is 14.6 Å². The van der Waals surface area contributed by atoms with Crippen LogP contribution in [0.4, 0.5) is 5.69 Å². The fourth-order valence-corrected chi connectivity index (χ4v) is 2.68. The molecule has 0 aliphatic rings. The van der Waals surface area contributed by atoms with Gasteiger partial charge in [0.1, 0.15) is 5.75 Å². The summed E-state index contributed by atoms with van der Waals surface area (Å²) >= 11 is 3.37. The fraction of sp³-hybridized carbons (Fsp3) is 0.0435. The number of phenols is 1. The second-order valence-corrected chi connectivity index (χ2v) is 6.91. The van der Waals surface area contributed by atoms with Crippen LogP contribution in [-0.2, 0) is 4.79 Å². The minimum Gasteiger partial charge on any atom is -0.508 e. The van der Waals surface area contributed by atoms with Crippen LogP contribution in [0.2, 0.25) is 0 Å². The molecule has 0 saturated heterocycles. The number of phenolic OH excluding ortho intramolecular Hbond substituents is 1. The van der Waals surface area contributed by atoms with Gasteiger partial charge in [-0.3, -0.25) is 4.99 Å². The lowest BCUT2D eigenvalue weighted by Gasteiger charge is -2.08. The van der Waals surface area contributed by atoms with Crippen molar-refractivity contribution in [1.29, 1.82) is 0 Å². The third-order valence-corrected chi connectivity index (χ3v) is 4.42. The predicted octanol–water partition coefficient (Wildman–Crippen LogP) is 5.53. The van der Waals surface area contributed by atoms with E-state index in [0.717, 1.165) is 15.6 Å². The van der Waals surface area contributed by atoms with E-state index < -0.39 is 5.97 Å². The Balaban J connectivity index is 1.68. The molecule has 0 radical (unpaired) electrons. The number of nitrogens with zero attached hydrogens (tertiary/aromatic N) is 1. The molecule has 0 aliphatic carbocycles. The number of ether oxygens (including phenoxy) is 2. The molecule has 0 fully saturated rings. The van der Waals surface area contributed by atoms with Gasteiger partial charge in [-0.05, 0) is 71.8 Å². The smallest absolute Gasteiger partial charge is 0.336 e. The number of halogens is 1. The maximum Gasteiger partial charge on any atom is 0.336 e. The maximum atomic E-state index is 12.1. The normalized spacial score (nSPS) is 11.1. The van der Waals surface area contributed by atoms with E-state index in [0.29, 0.717) is 17.2 Å². The van der Waals surface area contributed by atoms with Gasteiger partial charge in [0.25, 0.3) is 0 Å². The Morgan fingerprint density at radius 3 is 2.34 bits per heavy atom. The second kappa shape index (κ2) is 9.71. The topological polar surface area (TPSA) is 68.1 Å². The van der Waals surface area contributed by atoms with Gasteiger partial charge in [-0.25, -0.2) is 4.79 Å². The summed E-state index contributed by atoms with van der Waals surface area (Å²) in [5, 5.41) is 9.31. The summed E-state index contributed by atoms with van der Waals surface area (Å²) in [6.07, 6.45) is 4.71. The van der Waals surface area contributed by atoms with Gasteiger partial charge in [0.05, 0.1) is 12.8 Å². The molecule has 1 N–H and O–H groups in total. The van der Waals surface area contributed by atoms with Crippen LogP contribution in [0.15, 0.2) is 82.3 Å². The highest BCUT2D eigenvalue weighted by atomic mass is 79.9. The van der Waals surface area contributed by atoms with Crippen molar-refractivity contribution in [2.24, 2.45) is 4.99 Å². The lowest BCUT2D eigenvalue weighted by Crippen LogP contribution is -2.05. The molecule has 0 aliphatic heterocycles. The third kappa shape index (κ3) is 6.05. The first kappa shape index (κ1) is 20.4. The van der Waals surface area contributed by atoms with E-state index in [4.69, 9.17) is 9.47 Å². The van der Waals surface area contributed by atoms with Crippen molar-refractivity contribution in [3.8, 4) is 17.2 Å². The number of hydrogen-bond donors (Lipinski definition) is 1. The van der Waals surface area contributed by atoms with Gasteiger partial charge in [-0.2, -0.15) is 0 Å². The van der Waals surface area contributed by atoms with E-state index >= 15 is 0 Å². The van der Waals surface area contributed by atoms with Crippen LogP contribution < -0.4 is 9.47 Å². The van der Waals surface area contributed by atoms with Crippen LogP contribution in [-0.4, -0.2) is 24.4 Å². The van der Waals surface area contributed by atoms with Crippen LogP contribution in [0, 0.1) is 0 Å². The fourth-order valence-electron chi connectivity index (χ4n) is 2.42. The lowest BCUT2D eigenvalue weighted by atomic mass is 10.2. The van der Waals surface area contributed by atoms with Crippen molar-refractivity contribution in [3.05, 3.63) is 88.4 Å². The Bertz CT molecular complexity index is 1040. The van der Waals surface area contributed by atoms with Crippen LogP contribution in [0.3, 0.4) is 0 Å². The highest BCUT2D eigenvalue weighted by Gasteiger charge is 2.08. The van der Waals surface area contributed by atoms with E-state index in [1.807, 2.05) is 24.3 Å². The summed E-state index contributed by atoms with van der Waals surface area (Å²) in [5.74, 6) is 0.424. The van der Waals surface area contributed by atoms with E-state index in [1.54, 1.807) is 54.8 Å². The largest absolute Gasteiger partial charge is 0.508 e. The second-order valence-electron chi connectivity index (χ2n) is 5.99. The van der Waals surface area contributed by atoms with Gasteiger partial charge in [-0.1, -0.05) is 28.1 Å². The molecule has 3 aromatic rings. The molecule has 0 bridgehead atoms. The zero-order chi connectivity index (χ0) is 20.6. The number of esters is 1. The average Bonchev–Trinajstić information content (AvgIpc) is 2.73. The molecule has 0 amide bonds. The molecule has 146 valence electrons. The van der Waals surface area contributed by atoms with E-state index in [1.165, 1.54) is 13.2 Å². The lowest BCUT2D eigenvalue weighted by molar-refractivity contribution is -0.129. The molecule has 0 spiro atoms. The van der Waals surface area contributed by atoms with Gasteiger partial charge in [0.15, 0.2) is 11.5 Å². The van der Waals surface area contributed by atoms with Crippen LogP contribution in [0.1, 0.15) is 11.1 Å². The number of hydrogen-bond acceptors (Lipinski definition) is 5. The molecule has 0 saturated carbocycles. The number of carbonyl (C=O) groups excluding carboxylic acids is 1. The van der Waals surface area contributed by atoms with Crippen LogP contribution in [0.5, 0.6) is 17.2 Å². The Labute approximate surface area is 177 Å². The molecular weight excluding hydrogens is 434 g/mol. The van der Waals surface area contributed by atoms with Gasteiger partial charge in [-0.15, -0.1) is 0 Å². The molecule has 0 aromatic heterocycles. The van der Waals surface area contributed by atoms with Gasteiger partial charge >= 0.3 is 5.97 Å². The van der Waals surface area contributed by atoms with Crippen molar-refractivity contribution in [2.45, 2.75) is 0 Å². The average molecular weight is 452 g/mol. The Hall–Kier alpha value is -3.38. The first-order valence-corrected chi connectivity index (χ1v) is 9.49. The van der Waals surface area contributed by atoms with Gasteiger partial charge in [0, 0.05) is 16.8 Å². The number of aliphatic imine (C=N–C) groups is 1. The minimum atomic E-state index is -0.503. The van der Waals surface area contributed by atoms with E-state index in [9.17, 15) is 9.90 Å². The van der Waals surface area contributed by atoms with Gasteiger partial charge in [0.2, 0.25) is 0 Å². The predicted molar refractivity (Wildman–Crippen MR) is 117 cm³/mol. The SMILES string of the molecule is COc1cc(/C=N/c2ccc(O)cc2)ccc1OC(=O)C=Cc1ccc(Br)cc1.